The molecule has 0 saturated carbocycles. The molecule has 0 aromatic heterocycles. The van der Waals surface area contributed by atoms with Crippen LogP contribution in [-0.4, -0.2) is 29.3 Å². The molecule has 2 amide bonds. The molecule has 1 aliphatic rings. The molecule has 0 aliphatic carbocycles. The van der Waals surface area contributed by atoms with Crippen LogP contribution in [0.3, 0.4) is 0 Å². The molecule has 1 aromatic rings. The lowest BCUT2D eigenvalue weighted by Crippen LogP contribution is -2.57. The number of hydrogen-bond acceptors (Lipinski definition) is 2. The normalized spacial score (nSPS) is 19.5. The van der Waals surface area contributed by atoms with Gasteiger partial charge in [0.05, 0.1) is 6.54 Å². The number of amides is 2. The Labute approximate surface area is 119 Å². The molecule has 1 aromatic carbocycles. The van der Waals surface area contributed by atoms with Gasteiger partial charge in [0, 0.05) is 16.6 Å². The first kappa shape index (κ1) is 14.0. The summed E-state index contributed by atoms with van der Waals surface area (Å²) in [6.07, 6.45) is 0.507. The zero-order valence-electron chi connectivity index (χ0n) is 10.5. The van der Waals surface area contributed by atoms with Crippen molar-refractivity contribution in [3.8, 4) is 0 Å². The number of hydrogen-bond donors (Lipinski definition) is 1. The number of halogens is 2. The molecule has 6 heteroatoms. The molecule has 0 radical (unpaired) electrons. The van der Waals surface area contributed by atoms with Gasteiger partial charge >= 0.3 is 0 Å². The molecule has 1 fully saturated rings. The van der Waals surface area contributed by atoms with Crippen molar-refractivity contribution in [1.29, 1.82) is 0 Å². The Balaban J connectivity index is 2.26. The number of nitrogens with one attached hydrogen (secondary N) is 1. The summed E-state index contributed by atoms with van der Waals surface area (Å²) < 4.78 is 14.5. The van der Waals surface area contributed by atoms with Crippen LogP contribution in [0, 0.1) is 5.82 Å². The van der Waals surface area contributed by atoms with Crippen LogP contribution in [-0.2, 0) is 16.1 Å². The second kappa shape index (κ2) is 5.69. The van der Waals surface area contributed by atoms with Gasteiger partial charge in [0.1, 0.15) is 11.9 Å². The fraction of sp³-hybridized carbons (Fsp3) is 0.385. The predicted molar refractivity (Wildman–Crippen MR) is 71.7 cm³/mol. The van der Waals surface area contributed by atoms with Crippen molar-refractivity contribution in [3.63, 3.8) is 0 Å². The van der Waals surface area contributed by atoms with Crippen molar-refractivity contribution in [2.45, 2.75) is 25.9 Å². The van der Waals surface area contributed by atoms with E-state index < -0.39 is 6.04 Å². The number of carbonyl (C=O) groups excluding carboxylic acids is 2. The minimum atomic E-state index is -0.528. The molecule has 2 rings (SSSR count). The predicted octanol–water partition coefficient (Wildman–Crippen LogP) is 1.83. The van der Waals surface area contributed by atoms with E-state index in [-0.39, 0.29) is 30.7 Å². The Kier molecular flexibility index (Phi) is 4.19. The maximum Gasteiger partial charge on any atom is 0.243 e. The standard InChI is InChI=1S/C13H14BrFN2O2/c1-2-11-13(19)16-6-12(18)17(11)7-8-5-9(14)3-4-10(8)15/h3-5,11H,2,6-7H2,1H3,(H,16,19). The van der Waals surface area contributed by atoms with Crippen molar-refractivity contribution in [2.75, 3.05) is 6.54 Å². The Morgan fingerprint density at radius 1 is 1.47 bits per heavy atom. The van der Waals surface area contributed by atoms with Gasteiger partial charge < -0.3 is 10.2 Å². The molecule has 1 heterocycles. The van der Waals surface area contributed by atoms with Crippen molar-refractivity contribution in [3.05, 3.63) is 34.1 Å². The van der Waals surface area contributed by atoms with Crippen LogP contribution >= 0.6 is 15.9 Å². The monoisotopic (exact) mass is 328 g/mol. The van der Waals surface area contributed by atoms with Gasteiger partial charge in [-0.3, -0.25) is 9.59 Å². The van der Waals surface area contributed by atoms with E-state index in [1.807, 2.05) is 6.92 Å². The molecule has 1 N–H and O–H groups in total. The number of carbonyl (C=O) groups is 2. The fourth-order valence-electron chi connectivity index (χ4n) is 2.15. The first-order chi connectivity index (χ1) is 9.02. The van der Waals surface area contributed by atoms with Crippen LogP contribution in [0.2, 0.25) is 0 Å². The van der Waals surface area contributed by atoms with Crippen LogP contribution in [0.1, 0.15) is 18.9 Å². The fourth-order valence-corrected chi connectivity index (χ4v) is 2.56. The van der Waals surface area contributed by atoms with E-state index in [4.69, 9.17) is 0 Å². The molecule has 102 valence electrons. The topological polar surface area (TPSA) is 49.4 Å². The first-order valence-electron chi connectivity index (χ1n) is 6.04. The molecule has 4 nitrogen and oxygen atoms in total. The Bertz CT molecular complexity index is 521. The Morgan fingerprint density at radius 3 is 2.89 bits per heavy atom. The summed E-state index contributed by atoms with van der Waals surface area (Å²) in [6, 6.07) is 4.04. The molecule has 1 unspecified atom stereocenters. The van der Waals surface area contributed by atoms with Crippen molar-refractivity contribution in [1.82, 2.24) is 10.2 Å². The molecule has 1 aliphatic heterocycles. The van der Waals surface area contributed by atoms with Gasteiger partial charge in [-0.2, -0.15) is 0 Å². The molecular formula is C13H14BrFN2O2. The van der Waals surface area contributed by atoms with E-state index in [0.717, 1.165) is 4.47 Å². The number of benzene rings is 1. The van der Waals surface area contributed by atoms with Crippen molar-refractivity contribution >= 4 is 27.7 Å². The minimum Gasteiger partial charge on any atom is -0.345 e. The van der Waals surface area contributed by atoms with Gasteiger partial charge in [-0.15, -0.1) is 0 Å². The van der Waals surface area contributed by atoms with Crippen molar-refractivity contribution in [2.24, 2.45) is 0 Å². The maximum atomic E-state index is 13.7. The number of rotatable bonds is 3. The van der Waals surface area contributed by atoms with Gasteiger partial charge in [0.2, 0.25) is 11.8 Å². The number of piperazine rings is 1. The SMILES string of the molecule is CCC1C(=O)NCC(=O)N1Cc1cc(Br)ccc1F. The van der Waals surface area contributed by atoms with Gasteiger partial charge in [0.15, 0.2) is 0 Å². The van der Waals surface area contributed by atoms with E-state index in [2.05, 4.69) is 21.2 Å². The third-order valence-corrected chi connectivity index (χ3v) is 3.64. The largest absolute Gasteiger partial charge is 0.345 e. The van der Waals surface area contributed by atoms with Gasteiger partial charge in [-0.1, -0.05) is 22.9 Å². The van der Waals surface area contributed by atoms with E-state index in [1.54, 1.807) is 12.1 Å². The summed E-state index contributed by atoms with van der Waals surface area (Å²) >= 11 is 3.27. The highest BCUT2D eigenvalue weighted by Crippen LogP contribution is 2.20. The molecule has 19 heavy (non-hydrogen) atoms. The van der Waals surface area contributed by atoms with E-state index in [0.29, 0.717) is 12.0 Å². The third kappa shape index (κ3) is 2.94. The summed E-state index contributed by atoms with van der Waals surface area (Å²) in [7, 11) is 0. The highest BCUT2D eigenvalue weighted by atomic mass is 79.9. The van der Waals surface area contributed by atoms with Crippen LogP contribution in [0.15, 0.2) is 22.7 Å². The highest BCUT2D eigenvalue weighted by molar-refractivity contribution is 9.10. The lowest BCUT2D eigenvalue weighted by Gasteiger charge is -2.34. The summed E-state index contributed by atoms with van der Waals surface area (Å²) in [5, 5.41) is 2.54. The average Bonchev–Trinajstić information content (AvgIpc) is 2.38. The molecule has 1 atom stereocenters. The highest BCUT2D eigenvalue weighted by Gasteiger charge is 2.33. The lowest BCUT2D eigenvalue weighted by molar-refractivity contribution is -0.146. The summed E-state index contributed by atoms with van der Waals surface area (Å²) in [6.45, 7) is 1.91. The molecule has 0 spiro atoms. The zero-order chi connectivity index (χ0) is 14.0. The summed E-state index contributed by atoms with van der Waals surface area (Å²) in [5.41, 5.74) is 0.399. The Morgan fingerprint density at radius 2 is 2.21 bits per heavy atom. The quantitative estimate of drug-likeness (QED) is 0.920. The van der Waals surface area contributed by atoms with Gasteiger partial charge in [0.25, 0.3) is 0 Å². The number of nitrogens with zero attached hydrogens (tertiary/aromatic N) is 1. The second-order valence-corrected chi connectivity index (χ2v) is 5.31. The van der Waals surface area contributed by atoms with Crippen LogP contribution in [0.4, 0.5) is 4.39 Å². The first-order valence-corrected chi connectivity index (χ1v) is 6.83. The maximum absolute atomic E-state index is 13.7. The van der Waals surface area contributed by atoms with Gasteiger partial charge in [-0.05, 0) is 24.6 Å². The second-order valence-electron chi connectivity index (χ2n) is 4.40. The summed E-state index contributed by atoms with van der Waals surface area (Å²) in [4.78, 5) is 25.0. The minimum absolute atomic E-state index is 0.0229. The van der Waals surface area contributed by atoms with Crippen LogP contribution in [0.25, 0.3) is 0 Å². The molecule has 1 saturated heterocycles. The Hall–Kier alpha value is -1.43. The zero-order valence-corrected chi connectivity index (χ0v) is 12.0. The van der Waals surface area contributed by atoms with Gasteiger partial charge in [-0.25, -0.2) is 4.39 Å². The summed E-state index contributed by atoms with van der Waals surface area (Å²) in [5.74, 6) is -0.750. The van der Waals surface area contributed by atoms with E-state index in [1.165, 1.54) is 11.0 Å². The lowest BCUT2D eigenvalue weighted by atomic mass is 10.1. The smallest absolute Gasteiger partial charge is 0.243 e. The third-order valence-electron chi connectivity index (χ3n) is 3.15. The average molecular weight is 329 g/mol. The van der Waals surface area contributed by atoms with Crippen molar-refractivity contribution < 1.29 is 14.0 Å². The van der Waals surface area contributed by atoms with E-state index in [9.17, 15) is 14.0 Å². The molecular weight excluding hydrogens is 315 g/mol. The van der Waals surface area contributed by atoms with Crippen LogP contribution in [0.5, 0.6) is 0 Å². The van der Waals surface area contributed by atoms with E-state index >= 15 is 0 Å². The van der Waals surface area contributed by atoms with Crippen LogP contribution < -0.4 is 5.32 Å². The molecule has 0 bridgehead atoms.